The molecule has 2 rings (SSSR count). The fraction of sp³-hybridized carbons (Fsp3) is 0.250. The van der Waals surface area contributed by atoms with E-state index < -0.39 is 16.7 Å². The molecule has 1 aromatic heterocycles. The molecular formula is C16H15N3O4. The van der Waals surface area contributed by atoms with E-state index in [1.54, 1.807) is 29.2 Å². The Morgan fingerprint density at radius 1 is 1.30 bits per heavy atom. The van der Waals surface area contributed by atoms with Crippen molar-refractivity contribution in [1.29, 1.82) is 5.26 Å². The minimum absolute atomic E-state index is 0.0567. The molecule has 0 aliphatic carbocycles. The van der Waals surface area contributed by atoms with Crippen LogP contribution in [0.15, 0.2) is 40.8 Å². The summed E-state index contributed by atoms with van der Waals surface area (Å²) in [5.74, 6) is -0.911. The predicted molar refractivity (Wildman–Crippen MR) is 81.6 cm³/mol. The first kappa shape index (κ1) is 16.2. The van der Waals surface area contributed by atoms with Crippen molar-refractivity contribution in [2.24, 2.45) is 0 Å². The highest BCUT2D eigenvalue weighted by molar-refractivity contribution is 5.91. The lowest BCUT2D eigenvalue weighted by atomic mass is 10.1. The van der Waals surface area contributed by atoms with Gasteiger partial charge in [-0.3, -0.25) is 14.9 Å². The van der Waals surface area contributed by atoms with Crippen LogP contribution in [-0.2, 0) is 6.54 Å². The molecule has 1 aromatic carbocycles. The molecule has 1 amide bonds. The molecule has 7 heteroatoms. The average Bonchev–Trinajstić information content (AvgIpc) is 3.05. The average molecular weight is 313 g/mol. The van der Waals surface area contributed by atoms with Crippen LogP contribution in [0.25, 0.3) is 0 Å². The second kappa shape index (κ2) is 7.22. The van der Waals surface area contributed by atoms with E-state index in [9.17, 15) is 14.9 Å². The molecule has 0 saturated heterocycles. The van der Waals surface area contributed by atoms with E-state index in [-0.39, 0.29) is 5.76 Å². The SMILES string of the molecule is CCCN(Cc1ccc(C#N)cc1)C(=O)c1ccc([N+](=O)[O-])o1. The van der Waals surface area contributed by atoms with Gasteiger partial charge in [0.05, 0.1) is 17.7 Å². The van der Waals surface area contributed by atoms with E-state index in [1.807, 2.05) is 13.0 Å². The summed E-state index contributed by atoms with van der Waals surface area (Å²) >= 11 is 0. The maximum atomic E-state index is 12.5. The van der Waals surface area contributed by atoms with Crippen molar-refractivity contribution in [3.8, 4) is 6.07 Å². The van der Waals surface area contributed by atoms with E-state index in [1.165, 1.54) is 12.1 Å². The van der Waals surface area contributed by atoms with Gasteiger partial charge in [-0.05, 0) is 30.2 Å². The van der Waals surface area contributed by atoms with Crippen molar-refractivity contribution >= 4 is 11.8 Å². The molecule has 118 valence electrons. The molecule has 0 radical (unpaired) electrons. The Hall–Kier alpha value is -3.14. The Kier molecular flexibility index (Phi) is 5.10. The molecule has 2 aromatic rings. The third-order valence-electron chi connectivity index (χ3n) is 3.22. The third kappa shape index (κ3) is 3.95. The molecular weight excluding hydrogens is 298 g/mol. The summed E-state index contributed by atoms with van der Waals surface area (Å²) in [5, 5.41) is 19.4. The molecule has 1 heterocycles. The Bertz CT molecular complexity index is 743. The Labute approximate surface area is 132 Å². The zero-order valence-electron chi connectivity index (χ0n) is 12.6. The first-order valence-electron chi connectivity index (χ1n) is 7.07. The zero-order chi connectivity index (χ0) is 16.8. The van der Waals surface area contributed by atoms with Gasteiger partial charge in [0.2, 0.25) is 0 Å². The monoisotopic (exact) mass is 313 g/mol. The second-order valence-electron chi connectivity index (χ2n) is 4.93. The first-order chi connectivity index (χ1) is 11.0. The maximum absolute atomic E-state index is 12.5. The van der Waals surface area contributed by atoms with Gasteiger partial charge in [0.15, 0.2) is 5.76 Å². The molecule has 0 atom stereocenters. The van der Waals surface area contributed by atoms with Crippen LogP contribution in [0.4, 0.5) is 5.88 Å². The topological polar surface area (TPSA) is 100 Å². The largest absolute Gasteiger partial charge is 0.433 e. The van der Waals surface area contributed by atoms with Gasteiger partial charge in [-0.15, -0.1) is 0 Å². The molecule has 0 unspecified atom stereocenters. The van der Waals surface area contributed by atoms with Gasteiger partial charge >= 0.3 is 5.88 Å². The summed E-state index contributed by atoms with van der Waals surface area (Å²) in [6.07, 6.45) is 0.741. The van der Waals surface area contributed by atoms with Crippen molar-refractivity contribution in [2.75, 3.05) is 6.54 Å². The zero-order valence-corrected chi connectivity index (χ0v) is 12.6. The lowest BCUT2D eigenvalue weighted by Gasteiger charge is -2.21. The summed E-state index contributed by atoms with van der Waals surface area (Å²) in [6.45, 7) is 2.77. The van der Waals surface area contributed by atoms with E-state index >= 15 is 0 Å². The quantitative estimate of drug-likeness (QED) is 0.602. The number of hydrogen-bond donors (Lipinski definition) is 0. The highest BCUT2D eigenvalue weighted by Gasteiger charge is 2.22. The predicted octanol–water partition coefficient (Wildman–Crippen LogP) is 3.11. The van der Waals surface area contributed by atoms with Gasteiger partial charge in [-0.2, -0.15) is 5.26 Å². The normalized spacial score (nSPS) is 10.1. The number of furan rings is 1. The summed E-state index contributed by atoms with van der Waals surface area (Å²) in [5.41, 5.74) is 1.41. The summed E-state index contributed by atoms with van der Waals surface area (Å²) in [4.78, 5) is 24.0. The number of carbonyl (C=O) groups is 1. The molecule has 0 aliphatic rings. The molecule has 0 bridgehead atoms. The summed E-state index contributed by atoms with van der Waals surface area (Å²) in [6, 6.07) is 11.4. The van der Waals surface area contributed by atoms with Crippen LogP contribution >= 0.6 is 0 Å². The lowest BCUT2D eigenvalue weighted by molar-refractivity contribution is -0.402. The van der Waals surface area contributed by atoms with Crippen LogP contribution in [0.3, 0.4) is 0 Å². The van der Waals surface area contributed by atoms with Crippen LogP contribution in [-0.4, -0.2) is 22.3 Å². The lowest BCUT2D eigenvalue weighted by Crippen LogP contribution is -2.31. The van der Waals surface area contributed by atoms with Crippen molar-refractivity contribution in [3.63, 3.8) is 0 Å². The number of nitro groups is 1. The number of nitrogens with zero attached hydrogens (tertiary/aromatic N) is 3. The Balaban J connectivity index is 2.17. The van der Waals surface area contributed by atoms with Gasteiger partial charge in [0.25, 0.3) is 5.91 Å². The summed E-state index contributed by atoms with van der Waals surface area (Å²) < 4.78 is 4.98. The Morgan fingerprint density at radius 3 is 2.52 bits per heavy atom. The van der Waals surface area contributed by atoms with Gasteiger partial charge in [0.1, 0.15) is 4.92 Å². The van der Waals surface area contributed by atoms with Gasteiger partial charge in [-0.25, -0.2) is 0 Å². The third-order valence-corrected chi connectivity index (χ3v) is 3.22. The molecule has 0 aliphatic heterocycles. The van der Waals surface area contributed by atoms with Crippen LogP contribution in [0.5, 0.6) is 0 Å². The molecule has 23 heavy (non-hydrogen) atoms. The minimum atomic E-state index is -0.679. The van der Waals surface area contributed by atoms with E-state index in [4.69, 9.17) is 9.68 Å². The van der Waals surface area contributed by atoms with Gasteiger partial charge in [-0.1, -0.05) is 19.1 Å². The second-order valence-corrected chi connectivity index (χ2v) is 4.93. The molecule has 0 saturated carbocycles. The van der Waals surface area contributed by atoms with Crippen molar-refractivity contribution in [1.82, 2.24) is 4.90 Å². The number of carbonyl (C=O) groups excluding carboxylic acids is 1. The standard InChI is InChI=1S/C16H15N3O4/c1-2-9-18(11-13-5-3-12(10-17)4-6-13)16(20)14-7-8-15(23-14)19(21)22/h3-8H,2,9,11H2,1H3. The minimum Gasteiger partial charge on any atom is -0.395 e. The van der Waals surface area contributed by atoms with Crippen molar-refractivity contribution < 1.29 is 14.1 Å². The number of nitriles is 1. The molecule has 7 nitrogen and oxygen atoms in total. The fourth-order valence-corrected chi connectivity index (χ4v) is 2.12. The van der Waals surface area contributed by atoms with Crippen LogP contribution < -0.4 is 0 Å². The highest BCUT2D eigenvalue weighted by atomic mass is 16.6. The molecule has 0 spiro atoms. The van der Waals surface area contributed by atoms with Crippen LogP contribution in [0, 0.1) is 21.4 Å². The number of amides is 1. The van der Waals surface area contributed by atoms with Gasteiger partial charge < -0.3 is 9.32 Å². The fourth-order valence-electron chi connectivity index (χ4n) is 2.12. The van der Waals surface area contributed by atoms with Crippen LogP contribution in [0.2, 0.25) is 0 Å². The molecule has 0 N–H and O–H groups in total. The highest BCUT2D eigenvalue weighted by Crippen LogP contribution is 2.18. The number of benzene rings is 1. The van der Waals surface area contributed by atoms with E-state index in [2.05, 4.69) is 0 Å². The van der Waals surface area contributed by atoms with E-state index in [0.717, 1.165) is 12.0 Å². The van der Waals surface area contributed by atoms with Crippen molar-refractivity contribution in [2.45, 2.75) is 19.9 Å². The van der Waals surface area contributed by atoms with Crippen LogP contribution in [0.1, 0.15) is 35.0 Å². The van der Waals surface area contributed by atoms with E-state index in [0.29, 0.717) is 18.7 Å². The van der Waals surface area contributed by atoms with Crippen molar-refractivity contribution in [3.05, 3.63) is 63.4 Å². The number of hydrogen-bond acceptors (Lipinski definition) is 5. The maximum Gasteiger partial charge on any atom is 0.433 e. The summed E-state index contributed by atoms with van der Waals surface area (Å²) in [7, 11) is 0. The Morgan fingerprint density at radius 2 is 2.00 bits per heavy atom. The smallest absolute Gasteiger partial charge is 0.395 e. The first-order valence-corrected chi connectivity index (χ1v) is 7.07. The number of rotatable bonds is 6. The molecule has 0 fully saturated rings. The van der Waals surface area contributed by atoms with Gasteiger partial charge in [0, 0.05) is 13.1 Å².